The maximum Gasteiger partial charge on any atom is 0.261 e. The summed E-state index contributed by atoms with van der Waals surface area (Å²) >= 11 is 8.20. The van der Waals surface area contributed by atoms with Gasteiger partial charge in [0.1, 0.15) is 12.4 Å². The minimum atomic E-state index is -3.78. The van der Waals surface area contributed by atoms with E-state index >= 15 is 0 Å². The fraction of sp³-hybridized carbons (Fsp3) is 0.0769. The van der Waals surface area contributed by atoms with E-state index in [2.05, 4.69) is 22.6 Å². The van der Waals surface area contributed by atoms with E-state index in [4.69, 9.17) is 27.0 Å². The second kappa shape index (κ2) is 6.51. The first kappa shape index (κ1) is 15.9. The van der Waals surface area contributed by atoms with Gasteiger partial charge in [-0.2, -0.15) is 0 Å². The third-order valence-corrected chi connectivity index (χ3v) is 4.86. The standard InChI is InChI=1S/C13H9Cl2IO3S/c14-12-7-11(20(15,17)18)5-6-13(12)19-8-9-1-3-10(16)4-2-9/h1-7H,8H2. The van der Waals surface area contributed by atoms with E-state index in [0.29, 0.717) is 12.4 Å². The Morgan fingerprint density at radius 1 is 1.10 bits per heavy atom. The summed E-state index contributed by atoms with van der Waals surface area (Å²) in [6.07, 6.45) is 0. The van der Waals surface area contributed by atoms with Crippen molar-refractivity contribution in [1.82, 2.24) is 0 Å². The molecule has 2 aromatic carbocycles. The van der Waals surface area contributed by atoms with E-state index in [1.165, 1.54) is 18.2 Å². The monoisotopic (exact) mass is 442 g/mol. The van der Waals surface area contributed by atoms with Crippen LogP contribution in [0.15, 0.2) is 47.4 Å². The van der Waals surface area contributed by atoms with Crippen molar-refractivity contribution in [3.63, 3.8) is 0 Å². The number of ether oxygens (including phenoxy) is 1. The lowest BCUT2D eigenvalue weighted by Crippen LogP contribution is -1.97. The van der Waals surface area contributed by atoms with Crippen LogP contribution < -0.4 is 4.74 Å². The molecule has 0 N–H and O–H groups in total. The smallest absolute Gasteiger partial charge is 0.261 e. The highest BCUT2D eigenvalue weighted by molar-refractivity contribution is 14.1. The first-order valence-electron chi connectivity index (χ1n) is 5.48. The summed E-state index contributed by atoms with van der Waals surface area (Å²) in [7, 11) is 1.46. The minimum Gasteiger partial charge on any atom is -0.487 e. The van der Waals surface area contributed by atoms with Crippen LogP contribution in [0.1, 0.15) is 5.56 Å². The van der Waals surface area contributed by atoms with Gasteiger partial charge in [0.15, 0.2) is 0 Å². The van der Waals surface area contributed by atoms with Crippen LogP contribution in [0.5, 0.6) is 5.75 Å². The van der Waals surface area contributed by atoms with Crippen LogP contribution in [-0.4, -0.2) is 8.42 Å². The summed E-state index contributed by atoms with van der Waals surface area (Å²) in [5.41, 5.74) is 0.996. The highest BCUT2D eigenvalue weighted by Gasteiger charge is 2.12. The average Bonchev–Trinajstić information content (AvgIpc) is 2.38. The number of benzene rings is 2. The van der Waals surface area contributed by atoms with Gasteiger partial charge in [0.25, 0.3) is 9.05 Å². The molecule has 0 saturated heterocycles. The first-order valence-corrected chi connectivity index (χ1v) is 9.24. The van der Waals surface area contributed by atoms with E-state index in [-0.39, 0.29) is 9.92 Å². The first-order chi connectivity index (χ1) is 9.36. The summed E-state index contributed by atoms with van der Waals surface area (Å²) in [5.74, 6) is 0.411. The zero-order valence-electron chi connectivity index (χ0n) is 10.0. The molecule has 0 aliphatic carbocycles. The molecule has 0 unspecified atom stereocenters. The summed E-state index contributed by atoms with van der Waals surface area (Å²) in [6, 6.07) is 12.0. The maximum absolute atomic E-state index is 11.2. The Morgan fingerprint density at radius 2 is 1.75 bits per heavy atom. The normalized spacial score (nSPS) is 11.3. The van der Waals surface area contributed by atoms with Crippen molar-refractivity contribution in [2.24, 2.45) is 0 Å². The van der Waals surface area contributed by atoms with Crippen LogP contribution in [-0.2, 0) is 15.7 Å². The zero-order valence-corrected chi connectivity index (χ0v) is 14.5. The minimum absolute atomic E-state index is 0.0502. The Labute approximate surface area is 140 Å². The Morgan fingerprint density at radius 3 is 2.30 bits per heavy atom. The van der Waals surface area contributed by atoms with Gasteiger partial charge in [0.2, 0.25) is 0 Å². The SMILES string of the molecule is O=S(=O)(Cl)c1ccc(OCc2ccc(I)cc2)c(Cl)c1. The van der Waals surface area contributed by atoms with Crippen LogP contribution in [0.4, 0.5) is 0 Å². The lowest BCUT2D eigenvalue weighted by molar-refractivity contribution is 0.306. The Hall–Kier alpha value is -0.500. The van der Waals surface area contributed by atoms with Gasteiger partial charge in [-0.15, -0.1) is 0 Å². The zero-order chi connectivity index (χ0) is 14.8. The van der Waals surface area contributed by atoms with Crippen LogP contribution in [0.25, 0.3) is 0 Å². The van der Waals surface area contributed by atoms with Gasteiger partial charge in [-0.3, -0.25) is 0 Å². The molecular formula is C13H9Cl2IO3S. The fourth-order valence-corrected chi connectivity index (χ4v) is 2.93. The molecular weight excluding hydrogens is 434 g/mol. The molecule has 106 valence electrons. The Kier molecular flexibility index (Phi) is 5.17. The third kappa shape index (κ3) is 4.25. The lowest BCUT2D eigenvalue weighted by Gasteiger charge is -2.09. The molecule has 2 rings (SSSR count). The van der Waals surface area contributed by atoms with Crippen molar-refractivity contribution in [2.75, 3.05) is 0 Å². The van der Waals surface area contributed by atoms with Crippen LogP contribution in [0.2, 0.25) is 5.02 Å². The van der Waals surface area contributed by atoms with Crippen molar-refractivity contribution in [1.29, 1.82) is 0 Å². The molecule has 0 fully saturated rings. The predicted molar refractivity (Wildman–Crippen MR) is 88.0 cm³/mol. The largest absolute Gasteiger partial charge is 0.487 e. The van der Waals surface area contributed by atoms with E-state index in [9.17, 15) is 8.42 Å². The molecule has 0 bridgehead atoms. The summed E-state index contributed by atoms with van der Waals surface area (Å²) < 4.78 is 29.0. The van der Waals surface area contributed by atoms with Gasteiger partial charge in [-0.05, 0) is 58.5 Å². The number of hydrogen-bond donors (Lipinski definition) is 0. The Balaban J connectivity index is 2.12. The molecule has 0 amide bonds. The van der Waals surface area contributed by atoms with Crippen molar-refractivity contribution < 1.29 is 13.2 Å². The van der Waals surface area contributed by atoms with E-state index in [0.717, 1.165) is 9.13 Å². The predicted octanol–water partition coefficient (Wildman–Crippen LogP) is 4.45. The van der Waals surface area contributed by atoms with Gasteiger partial charge in [0.05, 0.1) is 9.92 Å². The molecule has 0 aliphatic rings. The molecule has 0 spiro atoms. The number of rotatable bonds is 4. The van der Waals surface area contributed by atoms with Gasteiger partial charge in [0, 0.05) is 14.3 Å². The molecule has 0 radical (unpaired) electrons. The molecule has 20 heavy (non-hydrogen) atoms. The van der Waals surface area contributed by atoms with Crippen molar-refractivity contribution in [2.45, 2.75) is 11.5 Å². The van der Waals surface area contributed by atoms with Crippen LogP contribution in [0.3, 0.4) is 0 Å². The quantitative estimate of drug-likeness (QED) is 0.518. The molecule has 0 aliphatic heterocycles. The molecule has 0 saturated carbocycles. The summed E-state index contributed by atoms with van der Waals surface area (Å²) in [5, 5.41) is 0.206. The molecule has 0 heterocycles. The van der Waals surface area contributed by atoms with Gasteiger partial charge in [-0.25, -0.2) is 8.42 Å². The van der Waals surface area contributed by atoms with E-state index in [1.54, 1.807) is 0 Å². The van der Waals surface area contributed by atoms with Crippen molar-refractivity contribution in [3.8, 4) is 5.75 Å². The van der Waals surface area contributed by atoms with Crippen molar-refractivity contribution >= 4 is 53.9 Å². The highest BCUT2D eigenvalue weighted by atomic mass is 127. The topological polar surface area (TPSA) is 43.4 Å². The molecule has 2 aromatic rings. The summed E-state index contributed by atoms with van der Waals surface area (Å²) in [6.45, 7) is 0.351. The Bertz CT molecular complexity index is 715. The molecule has 7 heteroatoms. The van der Waals surface area contributed by atoms with Gasteiger partial charge in [-0.1, -0.05) is 23.7 Å². The average molecular weight is 443 g/mol. The summed E-state index contributed by atoms with van der Waals surface area (Å²) in [4.78, 5) is -0.0502. The number of halogens is 3. The van der Waals surface area contributed by atoms with Gasteiger partial charge >= 0.3 is 0 Å². The number of hydrogen-bond acceptors (Lipinski definition) is 3. The van der Waals surface area contributed by atoms with Crippen molar-refractivity contribution in [3.05, 3.63) is 56.6 Å². The maximum atomic E-state index is 11.2. The second-order valence-electron chi connectivity index (χ2n) is 3.95. The van der Waals surface area contributed by atoms with E-state index in [1.807, 2.05) is 24.3 Å². The van der Waals surface area contributed by atoms with Crippen LogP contribution in [0, 0.1) is 3.57 Å². The molecule has 0 aromatic heterocycles. The lowest BCUT2D eigenvalue weighted by atomic mass is 10.2. The molecule has 0 atom stereocenters. The molecule has 3 nitrogen and oxygen atoms in total. The van der Waals surface area contributed by atoms with E-state index < -0.39 is 9.05 Å². The van der Waals surface area contributed by atoms with Crippen LogP contribution >= 0.6 is 44.9 Å². The fourth-order valence-electron chi connectivity index (χ4n) is 1.49. The second-order valence-corrected chi connectivity index (χ2v) is 8.16. The van der Waals surface area contributed by atoms with Gasteiger partial charge < -0.3 is 4.74 Å². The highest BCUT2D eigenvalue weighted by Crippen LogP contribution is 2.29. The third-order valence-electron chi connectivity index (χ3n) is 2.49.